The van der Waals surface area contributed by atoms with E-state index >= 15 is 0 Å². The number of ketones is 1. The Morgan fingerprint density at radius 1 is 1.44 bits per heavy atom. The number of para-hydroxylation sites is 1. The Balaban J connectivity index is 2.34. The molecule has 3 heteroatoms. The molecule has 1 atom stereocenters. The van der Waals surface area contributed by atoms with Crippen molar-refractivity contribution in [2.45, 2.75) is 26.4 Å². The third-order valence-electron chi connectivity index (χ3n) is 2.88. The molecule has 0 radical (unpaired) electrons. The molecule has 1 N–H and O–H groups in total. The molecule has 0 amide bonds. The lowest BCUT2D eigenvalue weighted by Gasteiger charge is -2.14. The standard InChI is InChI=1S/C13H16O3/c1-8(2)11(14)12(15)10-5-3-4-9-6-7-16-13(9)10/h3-5,8,11,14H,6-7H2,1-2H3. The van der Waals surface area contributed by atoms with Crippen molar-refractivity contribution >= 4 is 5.78 Å². The molecular weight excluding hydrogens is 204 g/mol. The number of benzene rings is 1. The van der Waals surface area contributed by atoms with E-state index in [1.54, 1.807) is 6.07 Å². The number of hydrogen-bond acceptors (Lipinski definition) is 3. The van der Waals surface area contributed by atoms with Crippen LogP contribution in [0.2, 0.25) is 0 Å². The van der Waals surface area contributed by atoms with Gasteiger partial charge in [-0.05, 0) is 17.5 Å². The predicted molar refractivity (Wildman–Crippen MR) is 60.8 cm³/mol. The van der Waals surface area contributed by atoms with Crippen LogP contribution in [-0.4, -0.2) is 23.6 Å². The molecule has 1 heterocycles. The third-order valence-corrected chi connectivity index (χ3v) is 2.88. The highest BCUT2D eigenvalue weighted by Crippen LogP contribution is 2.30. The Kier molecular flexibility index (Phi) is 2.97. The van der Waals surface area contributed by atoms with Gasteiger partial charge in [-0.15, -0.1) is 0 Å². The van der Waals surface area contributed by atoms with Gasteiger partial charge in [-0.2, -0.15) is 0 Å². The maximum atomic E-state index is 12.0. The van der Waals surface area contributed by atoms with Crippen LogP contribution in [0.1, 0.15) is 29.8 Å². The zero-order chi connectivity index (χ0) is 11.7. The molecule has 0 aromatic heterocycles. The maximum Gasteiger partial charge on any atom is 0.195 e. The van der Waals surface area contributed by atoms with Gasteiger partial charge in [-0.25, -0.2) is 0 Å². The first-order chi connectivity index (χ1) is 7.61. The van der Waals surface area contributed by atoms with Gasteiger partial charge in [-0.3, -0.25) is 4.79 Å². The molecule has 0 fully saturated rings. The van der Waals surface area contributed by atoms with Crippen molar-refractivity contribution in [3.63, 3.8) is 0 Å². The number of ether oxygens (including phenoxy) is 1. The molecule has 0 bridgehead atoms. The Hall–Kier alpha value is -1.35. The SMILES string of the molecule is CC(C)C(O)C(=O)c1cccc2c1OCC2. The molecule has 3 nitrogen and oxygen atoms in total. The summed E-state index contributed by atoms with van der Waals surface area (Å²) in [6, 6.07) is 5.52. The second kappa shape index (κ2) is 4.26. The number of aliphatic hydroxyl groups is 1. The van der Waals surface area contributed by atoms with E-state index in [4.69, 9.17) is 4.74 Å². The van der Waals surface area contributed by atoms with Gasteiger partial charge < -0.3 is 9.84 Å². The smallest absolute Gasteiger partial charge is 0.195 e. The van der Waals surface area contributed by atoms with E-state index in [0.29, 0.717) is 17.9 Å². The van der Waals surface area contributed by atoms with Crippen molar-refractivity contribution in [3.8, 4) is 5.75 Å². The minimum absolute atomic E-state index is 0.0789. The molecular formula is C13H16O3. The molecule has 1 aliphatic heterocycles. The summed E-state index contributed by atoms with van der Waals surface area (Å²) in [5.74, 6) is 0.339. The summed E-state index contributed by atoms with van der Waals surface area (Å²) in [6.07, 6.45) is -0.107. The zero-order valence-corrected chi connectivity index (χ0v) is 9.56. The van der Waals surface area contributed by atoms with Crippen LogP contribution in [0.25, 0.3) is 0 Å². The Morgan fingerprint density at radius 2 is 2.19 bits per heavy atom. The van der Waals surface area contributed by atoms with Crippen molar-refractivity contribution in [3.05, 3.63) is 29.3 Å². The highest BCUT2D eigenvalue weighted by Gasteiger charge is 2.26. The van der Waals surface area contributed by atoms with Gasteiger partial charge in [0.25, 0.3) is 0 Å². The number of fused-ring (bicyclic) bond motifs is 1. The fraction of sp³-hybridized carbons (Fsp3) is 0.462. The minimum atomic E-state index is -0.948. The van der Waals surface area contributed by atoms with Crippen LogP contribution >= 0.6 is 0 Å². The van der Waals surface area contributed by atoms with Gasteiger partial charge in [0, 0.05) is 6.42 Å². The molecule has 0 saturated carbocycles. The molecule has 0 aliphatic carbocycles. The van der Waals surface area contributed by atoms with E-state index in [9.17, 15) is 9.90 Å². The first kappa shape index (κ1) is 11.1. The fourth-order valence-corrected chi connectivity index (χ4v) is 1.87. The average molecular weight is 220 g/mol. The lowest BCUT2D eigenvalue weighted by Crippen LogP contribution is -2.26. The number of Topliss-reactive ketones (excluding diaryl/α,β-unsaturated/α-hetero) is 1. The van der Waals surface area contributed by atoms with Crippen LogP contribution in [0.5, 0.6) is 5.75 Å². The van der Waals surface area contributed by atoms with Gasteiger partial charge in [-0.1, -0.05) is 26.0 Å². The van der Waals surface area contributed by atoms with E-state index in [1.165, 1.54) is 0 Å². The summed E-state index contributed by atoms with van der Waals surface area (Å²) in [5.41, 5.74) is 1.57. The predicted octanol–water partition coefficient (Wildman–Crippen LogP) is 1.82. The van der Waals surface area contributed by atoms with Crippen LogP contribution in [0.15, 0.2) is 18.2 Å². The topological polar surface area (TPSA) is 46.5 Å². The van der Waals surface area contributed by atoms with Crippen molar-refractivity contribution in [1.82, 2.24) is 0 Å². The molecule has 1 aromatic rings. The number of rotatable bonds is 3. The summed E-state index contributed by atoms with van der Waals surface area (Å²) in [6.45, 7) is 4.27. The first-order valence-corrected chi connectivity index (χ1v) is 5.58. The van der Waals surface area contributed by atoms with Crippen LogP contribution in [0.3, 0.4) is 0 Å². The molecule has 16 heavy (non-hydrogen) atoms. The summed E-state index contributed by atoms with van der Waals surface area (Å²) in [5, 5.41) is 9.77. The molecule has 1 unspecified atom stereocenters. The average Bonchev–Trinajstić information content (AvgIpc) is 2.74. The van der Waals surface area contributed by atoms with Crippen LogP contribution in [-0.2, 0) is 6.42 Å². The highest BCUT2D eigenvalue weighted by atomic mass is 16.5. The second-order valence-electron chi connectivity index (χ2n) is 4.45. The quantitative estimate of drug-likeness (QED) is 0.790. The number of carbonyl (C=O) groups excluding carboxylic acids is 1. The van der Waals surface area contributed by atoms with Crippen LogP contribution < -0.4 is 4.74 Å². The molecule has 0 saturated heterocycles. The Morgan fingerprint density at radius 3 is 2.88 bits per heavy atom. The third kappa shape index (κ3) is 1.83. The van der Waals surface area contributed by atoms with E-state index in [-0.39, 0.29) is 11.7 Å². The van der Waals surface area contributed by atoms with Gasteiger partial charge in [0.15, 0.2) is 5.78 Å². The van der Waals surface area contributed by atoms with E-state index < -0.39 is 6.10 Å². The molecule has 86 valence electrons. The summed E-state index contributed by atoms with van der Waals surface area (Å²) < 4.78 is 5.45. The molecule has 1 aromatic carbocycles. The summed E-state index contributed by atoms with van der Waals surface area (Å²) in [4.78, 5) is 12.0. The zero-order valence-electron chi connectivity index (χ0n) is 9.56. The van der Waals surface area contributed by atoms with E-state index in [1.807, 2.05) is 26.0 Å². The van der Waals surface area contributed by atoms with Gasteiger partial charge in [0.05, 0.1) is 12.2 Å². The van der Waals surface area contributed by atoms with Crippen LogP contribution in [0.4, 0.5) is 0 Å². The summed E-state index contributed by atoms with van der Waals surface area (Å²) in [7, 11) is 0. The number of hydrogen-bond donors (Lipinski definition) is 1. The normalized spacial score (nSPS) is 15.8. The largest absolute Gasteiger partial charge is 0.492 e. The summed E-state index contributed by atoms with van der Waals surface area (Å²) >= 11 is 0. The van der Waals surface area contributed by atoms with Crippen molar-refractivity contribution < 1.29 is 14.6 Å². The Bertz CT molecular complexity index is 410. The highest BCUT2D eigenvalue weighted by molar-refractivity contribution is 6.02. The number of carbonyl (C=O) groups is 1. The number of aliphatic hydroxyl groups excluding tert-OH is 1. The monoisotopic (exact) mass is 220 g/mol. The van der Waals surface area contributed by atoms with Gasteiger partial charge >= 0.3 is 0 Å². The fourth-order valence-electron chi connectivity index (χ4n) is 1.87. The second-order valence-corrected chi connectivity index (χ2v) is 4.45. The van der Waals surface area contributed by atoms with E-state index in [2.05, 4.69) is 0 Å². The lowest BCUT2D eigenvalue weighted by molar-refractivity contribution is 0.0644. The van der Waals surface area contributed by atoms with Gasteiger partial charge in [0.2, 0.25) is 0 Å². The molecule has 1 aliphatic rings. The van der Waals surface area contributed by atoms with E-state index in [0.717, 1.165) is 12.0 Å². The van der Waals surface area contributed by atoms with Crippen LogP contribution in [0, 0.1) is 5.92 Å². The van der Waals surface area contributed by atoms with Crippen molar-refractivity contribution in [1.29, 1.82) is 0 Å². The first-order valence-electron chi connectivity index (χ1n) is 5.58. The molecule has 2 rings (SSSR count). The lowest BCUT2D eigenvalue weighted by atomic mass is 9.96. The Labute approximate surface area is 95.0 Å². The van der Waals surface area contributed by atoms with Crippen molar-refractivity contribution in [2.75, 3.05) is 6.61 Å². The van der Waals surface area contributed by atoms with Crippen molar-refractivity contribution in [2.24, 2.45) is 5.92 Å². The molecule has 0 spiro atoms. The maximum absolute atomic E-state index is 12.0. The minimum Gasteiger partial charge on any atom is -0.492 e. The van der Waals surface area contributed by atoms with Gasteiger partial charge in [0.1, 0.15) is 11.9 Å².